The molecule has 0 unspecified atom stereocenters. The monoisotopic (exact) mass is 441 g/mol. The number of hydrogen-bond acceptors (Lipinski definition) is 2. The van der Waals surface area contributed by atoms with Crippen LogP contribution in [0, 0.1) is 5.95 Å². The fourth-order valence-corrected chi connectivity index (χ4v) is 5.20. The highest BCUT2D eigenvalue weighted by Gasteiger charge is 2.25. The van der Waals surface area contributed by atoms with Gasteiger partial charge in [-0.3, -0.25) is 0 Å². The molecule has 34 heavy (non-hydrogen) atoms. The topological polar surface area (TPSA) is 30.7 Å². The van der Waals surface area contributed by atoms with E-state index in [2.05, 4.69) is 88.4 Å². The minimum absolute atomic E-state index is 0.434. The summed E-state index contributed by atoms with van der Waals surface area (Å²) >= 11 is 0. The molecule has 0 saturated carbocycles. The number of benzene rings is 4. The lowest BCUT2D eigenvalue weighted by Gasteiger charge is -2.13. The number of hydrogen-bond donors (Lipinski definition) is 0. The van der Waals surface area contributed by atoms with Gasteiger partial charge in [-0.1, -0.05) is 72.8 Å². The molecule has 3 nitrogen and oxygen atoms in total. The zero-order valence-corrected chi connectivity index (χ0v) is 18.4. The van der Waals surface area contributed by atoms with Crippen LogP contribution >= 0.6 is 0 Å². The number of halogens is 1. The molecule has 6 aromatic rings. The Morgan fingerprint density at radius 2 is 1.47 bits per heavy atom. The van der Waals surface area contributed by atoms with Gasteiger partial charge in [0.2, 0.25) is 5.95 Å². The Bertz CT molecular complexity index is 1720. The highest BCUT2D eigenvalue weighted by Crippen LogP contribution is 2.41. The third kappa shape index (κ3) is 2.96. The van der Waals surface area contributed by atoms with Crippen LogP contribution in [-0.2, 0) is 13.0 Å². The first-order chi connectivity index (χ1) is 16.7. The molecule has 0 amide bonds. The van der Waals surface area contributed by atoms with Crippen molar-refractivity contribution < 1.29 is 4.39 Å². The fourth-order valence-electron chi connectivity index (χ4n) is 5.20. The molecule has 1 aliphatic carbocycles. The predicted molar refractivity (Wildman–Crippen MR) is 134 cm³/mol. The first kappa shape index (κ1) is 19.2. The molecule has 0 radical (unpaired) electrons. The third-order valence-corrected chi connectivity index (χ3v) is 6.79. The third-order valence-electron chi connectivity index (χ3n) is 6.79. The van der Waals surface area contributed by atoms with Crippen molar-refractivity contribution in [3.63, 3.8) is 0 Å². The van der Waals surface area contributed by atoms with E-state index in [4.69, 9.17) is 4.98 Å². The molecule has 0 saturated heterocycles. The summed E-state index contributed by atoms with van der Waals surface area (Å²) in [5.74, 6) is 0.496. The van der Waals surface area contributed by atoms with Crippen molar-refractivity contribution in [1.29, 1.82) is 0 Å². The summed E-state index contributed by atoms with van der Waals surface area (Å²) in [4.78, 5) is 9.33. The number of pyridine rings is 1. The smallest absolute Gasteiger partial charge is 0.213 e. The summed E-state index contributed by atoms with van der Waals surface area (Å²) in [6.07, 6.45) is 0.606. The molecule has 4 aromatic carbocycles. The number of nitrogens with zero attached hydrogens (tertiary/aromatic N) is 3. The average Bonchev–Trinajstić information content (AvgIpc) is 3.40. The summed E-state index contributed by atoms with van der Waals surface area (Å²) in [7, 11) is 0. The summed E-state index contributed by atoms with van der Waals surface area (Å²) in [6.45, 7) is 0.717. The lowest BCUT2D eigenvalue weighted by Crippen LogP contribution is -2.03. The second-order valence-electron chi connectivity index (χ2n) is 8.83. The van der Waals surface area contributed by atoms with Gasteiger partial charge in [-0.25, -0.2) is 9.97 Å². The molecule has 162 valence electrons. The van der Waals surface area contributed by atoms with Crippen molar-refractivity contribution in [2.75, 3.05) is 0 Å². The molecule has 2 heterocycles. The highest BCUT2D eigenvalue weighted by molar-refractivity contribution is 5.97. The average molecular weight is 442 g/mol. The van der Waals surface area contributed by atoms with Crippen molar-refractivity contribution in [2.24, 2.45) is 0 Å². The van der Waals surface area contributed by atoms with Crippen LogP contribution in [0.1, 0.15) is 16.8 Å². The van der Waals surface area contributed by atoms with Gasteiger partial charge >= 0.3 is 0 Å². The second-order valence-corrected chi connectivity index (χ2v) is 8.83. The quantitative estimate of drug-likeness (QED) is 0.276. The van der Waals surface area contributed by atoms with Gasteiger partial charge in [0.15, 0.2) is 0 Å². The first-order valence-electron chi connectivity index (χ1n) is 11.5. The molecule has 0 fully saturated rings. The van der Waals surface area contributed by atoms with Crippen LogP contribution in [0.4, 0.5) is 4.39 Å². The minimum atomic E-state index is -0.434. The van der Waals surface area contributed by atoms with Crippen molar-refractivity contribution in [3.05, 3.63) is 120 Å². The van der Waals surface area contributed by atoms with Gasteiger partial charge < -0.3 is 4.57 Å². The van der Waals surface area contributed by atoms with E-state index in [0.717, 1.165) is 44.8 Å². The van der Waals surface area contributed by atoms with Gasteiger partial charge in [-0.15, -0.1) is 0 Å². The molecule has 0 bridgehead atoms. The van der Waals surface area contributed by atoms with E-state index in [9.17, 15) is 4.39 Å². The Morgan fingerprint density at radius 1 is 0.706 bits per heavy atom. The molecular formula is C30H20FN3. The Kier molecular flexibility index (Phi) is 4.15. The van der Waals surface area contributed by atoms with Gasteiger partial charge in [0.1, 0.15) is 5.82 Å². The van der Waals surface area contributed by atoms with E-state index in [0.29, 0.717) is 13.0 Å². The van der Waals surface area contributed by atoms with Crippen LogP contribution < -0.4 is 0 Å². The Balaban J connectivity index is 1.48. The van der Waals surface area contributed by atoms with Crippen LogP contribution in [0.15, 0.2) is 97.1 Å². The zero-order chi connectivity index (χ0) is 22.6. The Labute approximate surface area is 196 Å². The normalized spacial score (nSPS) is 12.3. The van der Waals surface area contributed by atoms with Crippen LogP contribution in [0.2, 0.25) is 0 Å². The summed E-state index contributed by atoms with van der Waals surface area (Å²) in [6, 6.07) is 32.9. The van der Waals surface area contributed by atoms with Crippen LogP contribution in [0.3, 0.4) is 0 Å². The van der Waals surface area contributed by atoms with E-state index in [1.807, 2.05) is 12.1 Å². The molecule has 0 spiro atoms. The van der Waals surface area contributed by atoms with Crippen molar-refractivity contribution in [2.45, 2.75) is 13.0 Å². The maximum Gasteiger partial charge on any atom is 0.213 e. The number of imidazole rings is 1. The fraction of sp³-hybridized carbons (Fsp3) is 0.0667. The largest absolute Gasteiger partial charge is 0.319 e. The molecule has 0 atom stereocenters. The Hall–Kier alpha value is -4.31. The number of rotatable bonds is 3. The van der Waals surface area contributed by atoms with E-state index < -0.39 is 5.95 Å². The van der Waals surface area contributed by atoms with Gasteiger partial charge in [-0.2, -0.15) is 4.39 Å². The maximum absolute atomic E-state index is 13.9. The zero-order valence-electron chi connectivity index (χ0n) is 18.4. The summed E-state index contributed by atoms with van der Waals surface area (Å²) in [5.41, 5.74) is 8.45. The van der Waals surface area contributed by atoms with E-state index in [1.54, 1.807) is 0 Å². The van der Waals surface area contributed by atoms with Gasteiger partial charge in [0.05, 0.1) is 16.7 Å². The first-order valence-corrected chi connectivity index (χ1v) is 11.5. The standard InChI is InChI=1S/C30H20FN3/c31-29-14-13-23-22-11-6-12-24(25(22)17-26(23)32-29)30-33-27-15-20-9-4-5-10-21(20)16-28(27)34(30)18-19-7-2-1-3-8-19/h1-16H,17-18H2. The Morgan fingerprint density at radius 3 is 2.32 bits per heavy atom. The summed E-state index contributed by atoms with van der Waals surface area (Å²) < 4.78 is 16.2. The van der Waals surface area contributed by atoms with E-state index >= 15 is 0 Å². The SMILES string of the molecule is Fc1ccc2c(n1)Cc1c-2cccc1-c1nc2cc3ccccc3cc2n1Cc1ccccc1. The van der Waals surface area contributed by atoms with Crippen molar-refractivity contribution in [1.82, 2.24) is 14.5 Å². The molecule has 1 aliphatic rings. The van der Waals surface area contributed by atoms with E-state index in [1.165, 1.54) is 22.4 Å². The second kappa shape index (κ2) is 7.35. The van der Waals surface area contributed by atoms with E-state index in [-0.39, 0.29) is 0 Å². The van der Waals surface area contributed by atoms with Crippen molar-refractivity contribution in [3.8, 4) is 22.5 Å². The highest BCUT2D eigenvalue weighted by atomic mass is 19.1. The summed E-state index contributed by atoms with van der Waals surface area (Å²) in [5, 5.41) is 2.37. The predicted octanol–water partition coefficient (Wildman–Crippen LogP) is 7.01. The van der Waals surface area contributed by atoms with Gasteiger partial charge in [-0.05, 0) is 51.7 Å². The number of fused-ring (bicyclic) bond motifs is 5. The lowest BCUT2D eigenvalue weighted by molar-refractivity contribution is 0.579. The molecule has 4 heteroatoms. The molecule has 2 aromatic heterocycles. The molecule has 0 aliphatic heterocycles. The van der Waals surface area contributed by atoms with Crippen LogP contribution in [0.25, 0.3) is 44.3 Å². The van der Waals surface area contributed by atoms with Crippen molar-refractivity contribution >= 4 is 21.8 Å². The van der Waals surface area contributed by atoms with Crippen LogP contribution in [0.5, 0.6) is 0 Å². The number of aromatic nitrogens is 3. The van der Waals surface area contributed by atoms with Gasteiger partial charge in [0, 0.05) is 24.1 Å². The van der Waals surface area contributed by atoms with Gasteiger partial charge in [0.25, 0.3) is 0 Å². The molecule has 7 rings (SSSR count). The lowest BCUT2D eigenvalue weighted by atomic mass is 10.0. The van der Waals surface area contributed by atoms with Crippen LogP contribution in [-0.4, -0.2) is 14.5 Å². The molecular weight excluding hydrogens is 421 g/mol. The minimum Gasteiger partial charge on any atom is -0.319 e. The molecule has 0 N–H and O–H groups in total. The maximum atomic E-state index is 13.9.